The zero-order chi connectivity index (χ0) is 19.5. The summed E-state index contributed by atoms with van der Waals surface area (Å²) in [7, 11) is -1.92. The van der Waals surface area contributed by atoms with E-state index in [1.165, 1.54) is 95.5 Å². The van der Waals surface area contributed by atoms with Gasteiger partial charge < -0.3 is 8.85 Å². The highest BCUT2D eigenvalue weighted by Crippen LogP contribution is 2.14. The van der Waals surface area contributed by atoms with Crippen molar-refractivity contribution in [3.63, 3.8) is 0 Å². The molecule has 0 amide bonds. The standard InChI is InChI=1S/C23H48O2Si/c1-6-7-8-9-10-11-12-13-14-15-16-17-18-19-21-24-26(4,5)25-22-20-23(2)3/h20H,6-19,21-22H2,1-5H3. The summed E-state index contributed by atoms with van der Waals surface area (Å²) in [5.41, 5.74) is 1.31. The van der Waals surface area contributed by atoms with Crippen molar-refractivity contribution in [3.8, 4) is 0 Å². The van der Waals surface area contributed by atoms with E-state index in [0.717, 1.165) is 6.61 Å². The lowest BCUT2D eigenvalue weighted by Crippen LogP contribution is -2.35. The molecular formula is C23H48O2Si. The van der Waals surface area contributed by atoms with Crippen molar-refractivity contribution in [1.82, 2.24) is 0 Å². The van der Waals surface area contributed by atoms with Crippen LogP contribution in [0.4, 0.5) is 0 Å². The Kier molecular flexibility index (Phi) is 18.2. The van der Waals surface area contributed by atoms with E-state index in [0.29, 0.717) is 6.61 Å². The molecule has 0 aliphatic rings. The molecule has 0 saturated carbocycles. The van der Waals surface area contributed by atoms with Crippen molar-refractivity contribution in [1.29, 1.82) is 0 Å². The second-order valence-corrected chi connectivity index (χ2v) is 11.8. The molecule has 0 atom stereocenters. The van der Waals surface area contributed by atoms with Crippen molar-refractivity contribution in [2.45, 2.75) is 124 Å². The predicted molar refractivity (Wildman–Crippen MR) is 119 cm³/mol. The van der Waals surface area contributed by atoms with Crippen LogP contribution in [0.3, 0.4) is 0 Å². The number of unbranched alkanes of at least 4 members (excludes halogenated alkanes) is 13. The molecule has 0 heterocycles. The summed E-state index contributed by atoms with van der Waals surface area (Å²) in [4.78, 5) is 0. The first-order valence-corrected chi connectivity index (χ1v) is 14.2. The van der Waals surface area contributed by atoms with E-state index < -0.39 is 8.56 Å². The van der Waals surface area contributed by atoms with Gasteiger partial charge in [-0.25, -0.2) is 0 Å². The summed E-state index contributed by atoms with van der Waals surface area (Å²) in [5.74, 6) is 0. The molecule has 0 bridgehead atoms. The average molecular weight is 385 g/mol. The van der Waals surface area contributed by atoms with Gasteiger partial charge in [0.15, 0.2) is 0 Å². The van der Waals surface area contributed by atoms with Gasteiger partial charge in [0, 0.05) is 6.61 Å². The van der Waals surface area contributed by atoms with Gasteiger partial charge in [-0.05, 0) is 33.4 Å². The van der Waals surface area contributed by atoms with E-state index >= 15 is 0 Å². The van der Waals surface area contributed by atoms with E-state index in [-0.39, 0.29) is 0 Å². The molecule has 26 heavy (non-hydrogen) atoms. The van der Waals surface area contributed by atoms with Crippen LogP contribution in [0.5, 0.6) is 0 Å². The summed E-state index contributed by atoms with van der Waals surface area (Å²) < 4.78 is 11.9. The topological polar surface area (TPSA) is 18.5 Å². The highest BCUT2D eigenvalue weighted by atomic mass is 28.4. The van der Waals surface area contributed by atoms with E-state index in [1.54, 1.807) is 0 Å². The van der Waals surface area contributed by atoms with Crippen LogP contribution >= 0.6 is 0 Å². The minimum absolute atomic E-state index is 0.695. The normalized spacial score (nSPS) is 11.7. The van der Waals surface area contributed by atoms with E-state index in [4.69, 9.17) is 8.85 Å². The zero-order valence-electron chi connectivity index (χ0n) is 18.7. The van der Waals surface area contributed by atoms with E-state index in [2.05, 4.69) is 39.9 Å². The van der Waals surface area contributed by atoms with Crippen LogP contribution in [0, 0.1) is 0 Å². The number of rotatable bonds is 19. The van der Waals surface area contributed by atoms with Crippen molar-refractivity contribution in [3.05, 3.63) is 11.6 Å². The van der Waals surface area contributed by atoms with Crippen molar-refractivity contribution in [2.24, 2.45) is 0 Å². The van der Waals surface area contributed by atoms with Crippen LogP contribution in [-0.4, -0.2) is 21.8 Å². The minimum Gasteiger partial charge on any atom is -0.395 e. The van der Waals surface area contributed by atoms with Crippen LogP contribution in [0.1, 0.15) is 111 Å². The Morgan fingerprint density at radius 1 is 0.654 bits per heavy atom. The largest absolute Gasteiger partial charge is 0.395 e. The predicted octanol–water partition coefficient (Wildman–Crippen LogP) is 8.17. The van der Waals surface area contributed by atoms with Crippen LogP contribution in [0.25, 0.3) is 0 Å². The van der Waals surface area contributed by atoms with E-state index in [1.807, 2.05) is 0 Å². The average Bonchev–Trinajstić information content (AvgIpc) is 2.57. The highest BCUT2D eigenvalue weighted by Gasteiger charge is 2.23. The molecule has 0 unspecified atom stereocenters. The molecule has 0 aromatic carbocycles. The molecule has 0 aliphatic heterocycles. The SMILES string of the molecule is CCCCCCCCCCCCCCCCO[Si](C)(C)OCC=C(C)C. The van der Waals surface area contributed by atoms with Gasteiger partial charge in [-0.2, -0.15) is 0 Å². The van der Waals surface area contributed by atoms with Crippen molar-refractivity contribution >= 4 is 8.56 Å². The fourth-order valence-electron chi connectivity index (χ4n) is 3.07. The van der Waals surface area contributed by atoms with Gasteiger partial charge in [0.1, 0.15) is 0 Å². The summed E-state index contributed by atoms with van der Waals surface area (Å²) in [5, 5.41) is 0. The molecule has 3 heteroatoms. The third kappa shape index (κ3) is 20.2. The fourth-order valence-corrected chi connectivity index (χ4v) is 4.27. The van der Waals surface area contributed by atoms with Gasteiger partial charge in [0.25, 0.3) is 0 Å². The fraction of sp³-hybridized carbons (Fsp3) is 0.913. The van der Waals surface area contributed by atoms with Crippen molar-refractivity contribution in [2.75, 3.05) is 13.2 Å². The third-order valence-electron chi connectivity index (χ3n) is 4.87. The second kappa shape index (κ2) is 18.2. The lowest BCUT2D eigenvalue weighted by molar-refractivity contribution is 0.190. The van der Waals surface area contributed by atoms with Gasteiger partial charge in [-0.3, -0.25) is 0 Å². The first-order chi connectivity index (χ1) is 12.5. The van der Waals surface area contributed by atoms with Crippen LogP contribution < -0.4 is 0 Å². The molecule has 0 aromatic rings. The molecule has 156 valence electrons. The molecule has 0 N–H and O–H groups in total. The molecule has 0 radical (unpaired) electrons. The summed E-state index contributed by atoms with van der Waals surface area (Å²) in [6.07, 6.45) is 21.7. The maximum atomic E-state index is 6.01. The smallest absolute Gasteiger partial charge is 0.331 e. The Hall–Kier alpha value is -0.123. The van der Waals surface area contributed by atoms with Crippen LogP contribution in [-0.2, 0) is 8.85 Å². The molecule has 0 spiro atoms. The maximum Gasteiger partial charge on any atom is 0.331 e. The van der Waals surface area contributed by atoms with Crippen molar-refractivity contribution < 1.29 is 8.85 Å². The summed E-state index contributed by atoms with van der Waals surface area (Å²) >= 11 is 0. The number of hydrogen-bond donors (Lipinski definition) is 0. The zero-order valence-corrected chi connectivity index (χ0v) is 19.7. The van der Waals surface area contributed by atoms with E-state index in [9.17, 15) is 0 Å². The Morgan fingerprint density at radius 3 is 1.50 bits per heavy atom. The molecule has 0 aliphatic carbocycles. The molecule has 0 saturated heterocycles. The summed E-state index contributed by atoms with van der Waals surface area (Å²) in [6, 6.07) is 0. The van der Waals surface area contributed by atoms with Gasteiger partial charge in [-0.15, -0.1) is 0 Å². The molecule has 0 rings (SSSR count). The second-order valence-electron chi connectivity index (χ2n) is 8.44. The van der Waals surface area contributed by atoms with Gasteiger partial charge in [0.05, 0.1) is 6.61 Å². The Bertz CT molecular complexity index is 322. The van der Waals surface area contributed by atoms with Gasteiger partial charge >= 0.3 is 8.56 Å². The maximum absolute atomic E-state index is 6.01. The monoisotopic (exact) mass is 384 g/mol. The van der Waals surface area contributed by atoms with Gasteiger partial charge in [0.2, 0.25) is 0 Å². The third-order valence-corrected chi connectivity index (χ3v) is 6.63. The first kappa shape index (κ1) is 25.9. The van der Waals surface area contributed by atoms with Gasteiger partial charge in [-0.1, -0.05) is 102 Å². The number of hydrogen-bond acceptors (Lipinski definition) is 2. The lowest BCUT2D eigenvalue weighted by atomic mass is 10.0. The Morgan fingerprint density at radius 2 is 1.08 bits per heavy atom. The lowest BCUT2D eigenvalue weighted by Gasteiger charge is -2.22. The first-order valence-electron chi connectivity index (χ1n) is 11.4. The highest BCUT2D eigenvalue weighted by molar-refractivity contribution is 6.64. The Balaban J connectivity index is 3.27. The number of allylic oxidation sites excluding steroid dienone is 1. The molecule has 2 nitrogen and oxygen atoms in total. The minimum atomic E-state index is -1.92. The Labute approximate surface area is 166 Å². The molecule has 0 fully saturated rings. The quantitative estimate of drug-likeness (QED) is 0.127. The van der Waals surface area contributed by atoms with Crippen LogP contribution in [0.2, 0.25) is 13.1 Å². The van der Waals surface area contributed by atoms with Crippen LogP contribution in [0.15, 0.2) is 11.6 Å². The summed E-state index contributed by atoms with van der Waals surface area (Å²) in [6.45, 7) is 12.4. The molecule has 0 aromatic heterocycles. The molecular weight excluding hydrogens is 336 g/mol.